The van der Waals surface area contributed by atoms with Gasteiger partial charge in [0, 0.05) is 37.5 Å². The lowest BCUT2D eigenvalue weighted by molar-refractivity contribution is -0.384. The van der Waals surface area contributed by atoms with E-state index in [1.54, 1.807) is 6.07 Å². The lowest BCUT2D eigenvalue weighted by atomic mass is 9.97. The zero-order valence-corrected chi connectivity index (χ0v) is 14.5. The van der Waals surface area contributed by atoms with Gasteiger partial charge in [-0.2, -0.15) is 0 Å². The SMILES string of the molecule is CNC(=O)c1cc([N+](=O)[O-])ccc1NC1CCOC(c2ccccc2)C1. The van der Waals surface area contributed by atoms with Crippen LogP contribution in [0.15, 0.2) is 48.5 Å². The second-order valence-electron chi connectivity index (χ2n) is 6.20. The van der Waals surface area contributed by atoms with E-state index in [1.165, 1.54) is 19.2 Å². The van der Waals surface area contributed by atoms with Gasteiger partial charge in [-0.3, -0.25) is 14.9 Å². The average molecular weight is 355 g/mol. The van der Waals surface area contributed by atoms with E-state index < -0.39 is 4.92 Å². The Morgan fingerprint density at radius 1 is 1.23 bits per heavy atom. The normalized spacial score (nSPS) is 19.6. The second-order valence-corrected chi connectivity index (χ2v) is 6.20. The van der Waals surface area contributed by atoms with E-state index in [9.17, 15) is 14.9 Å². The number of nitro groups is 1. The molecule has 2 aromatic rings. The van der Waals surface area contributed by atoms with Gasteiger partial charge in [-0.05, 0) is 24.5 Å². The molecule has 1 amide bonds. The van der Waals surface area contributed by atoms with E-state index in [1.807, 2.05) is 30.3 Å². The molecular formula is C19H21N3O4. The van der Waals surface area contributed by atoms with Crippen LogP contribution in [0, 0.1) is 10.1 Å². The summed E-state index contributed by atoms with van der Waals surface area (Å²) in [5.74, 6) is -0.358. The van der Waals surface area contributed by atoms with Crippen molar-refractivity contribution >= 4 is 17.3 Å². The standard InChI is InChI=1S/C19H21N3O4/c1-20-19(23)16-12-15(22(24)25)7-8-17(16)21-14-9-10-26-18(11-14)13-5-3-2-4-6-13/h2-8,12,14,18,21H,9-11H2,1H3,(H,20,23). The zero-order valence-electron chi connectivity index (χ0n) is 14.5. The van der Waals surface area contributed by atoms with Crippen LogP contribution in [0.5, 0.6) is 0 Å². The van der Waals surface area contributed by atoms with Crippen molar-refractivity contribution in [3.63, 3.8) is 0 Å². The largest absolute Gasteiger partial charge is 0.381 e. The Balaban J connectivity index is 1.79. The van der Waals surface area contributed by atoms with Crippen molar-refractivity contribution in [3.8, 4) is 0 Å². The Morgan fingerprint density at radius 3 is 2.69 bits per heavy atom. The number of benzene rings is 2. The van der Waals surface area contributed by atoms with Crippen LogP contribution in [0.1, 0.15) is 34.9 Å². The van der Waals surface area contributed by atoms with Crippen molar-refractivity contribution in [2.45, 2.75) is 25.0 Å². The number of nitrogens with one attached hydrogen (secondary N) is 2. The van der Waals surface area contributed by atoms with Crippen LogP contribution in [0.25, 0.3) is 0 Å². The van der Waals surface area contributed by atoms with Crippen LogP contribution in [-0.2, 0) is 4.74 Å². The Bertz CT molecular complexity index is 795. The van der Waals surface area contributed by atoms with Crippen LogP contribution in [0.2, 0.25) is 0 Å². The molecule has 1 fully saturated rings. The van der Waals surface area contributed by atoms with Gasteiger partial charge in [0.2, 0.25) is 0 Å². The molecule has 0 radical (unpaired) electrons. The summed E-state index contributed by atoms with van der Waals surface area (Å²) in [5, 5.41) is 16.9. The molecule has 0 bridgehead atoms. The molecule has 2 atom stereocenters. The van der Waals surface area contributed by atoms with E-state index in [-0.39, 0.29) is 29.3 Å². The van der Waals surface area contributed by atoms with Gasteiger partial charge in [0.1, 0.15) is 0 Å². The minimum atomic E-state index is -0.504. The summed E-state index contributed by atoms with van der Waals surface area (Å²) in [5.41, 5.74) is 1.87. The number of carbonyl (C=O) groups is 1. The molecule has 1 aliphatic rings. The molecule has 0 aromatic heterocycles. The van der Waals surface area contributed by atoms with Crippen molar-refractivity contribution in [1.29, 1.82) is 0 Å². The van der Waals surface area contributed by atoms with E-state index in [0.717, 1.165) is 18.4 Å². The summed E-state index contributed by atoms with van der Waals surface area (Å²) in [4.78, 5) is 22.6. The number of nitrogens with zero attached hydrogens (tertiary/aromatic N) is 1. The number of ether oxygens (including phenoxy) is 1. The molecule has 7 heteroatoms. The van der Waals surface area contributed by atoms with Crippen molar-refractivity contribution in [3.05, 3.63) is 69.8 Å². The Labute approximate surface area is 151 Å². The predicted molar refractivity (Wildman–Crippen MR) is 98.3 cm³/mol. The van der Waals surface area contributed by atoms with Gasteiger partial charge in [-0.1, -0.05) is 30.3 Å². The first-order valence-corrected chi connectivity index (χ1v) is 8.52. The number of amides is 1. The van der Waals surface area contributed by atoms with E-state index >= 15 is 0 Å². The third-order valence-corrected chi connectivity index (χ3v) is 4.50. The maximum absolute atomic E-state index is 12.1. The first-order chi connectivity index (χ1) is 12.6. The molecule has 1 aliphatic heterocycles. The molecular weight excluding hydrogens is 334 g/mol. The molecule has 136 valence electrons. The molecule has 26 heavy (non-hydrogen) atoms. The minimum absolute atomic E-state index is 0.0102. The summed E-state index contributed by atoms with van der Waals surface area (Å²) in [7, 11) is 1.50. The monoisotopic (exact) mass is 355 g/mol. The van der Waals surface area contributed by atoms with E-state index in [2.05, 4.69) is 10.6 Å². The highest BCUT2D eigenvalue weighted by Gasteiger charge is 2.25. The van der Waals surface area contributed by atoms with Crippen LogP contribution >= 0.6 is 0 Å². The van der Waals surface area contributed by atoms with Gasteiger partial charge < -0.3 is 15.4 Å². The van der Waals surface area contributed by atoms with Crippen molar-refractivity contribution < 1.29 is 14.5 Å². The highest BCUT2D eigenvalue weighted by molar-refractivity contribution is 6.00. The van der Waals surface area contributed by atoms with E-state index in [4.69, 9.17) is 4.74 Å². The van der Waals surface area contributed by atoms with Crippen LogP contribution in [-0.4, -0.2) is 30.5 Å². The second kappa shape index (κ2) is 7.97. The molecule has 3 rings (SSSR count). The fourth-order valence-corrected chi connectivity index (χ4v) is 3.14. The fraction of sp³-hybridized carbons (Fsp3) is 0.316. The Hall–Kier alpha value is -2.93. The van der Waals surface area contributed by atoms with Gasteiger partial charge in [0.25, 0.3) is 11.6 Å². The summed E-state index contributed by atoms with van der Waals surface area (Å²) in [6.07, 6.45) is 1.55. The maximum Gasteiger partial charge on any atom is 0.270 e. The lowest BCUT2D eigenvalue weighted by Crippen LogP contribution is -2.31. The third-order valence-electron chi connectivity index (χ3n) is 4.50. The first-order valence-electron chi connectivity index (χ1n) is 8.52. The van der Waals surface area contributed by atoms with Crippen LogP contribution in [0.3, 0.4) is 0 Å². The van der Waals surface area contributed by atoms with Crippen LogP contribution in [0.4, 0.5) is 11.4 Å². The lowest BCUT2D eigenvalue weighted by Gasteiger charge is -2.31. The number of non-ortho nitro benzene ring substituents is 1. The zero-order chi connectivity index (χ0) is 18.5. The molecule has 0 spiro atoms. The van der Waals surface area contributed by atoms with E-state index in [0.29, 0.717) is 12.3 Å². The van der Waals surface area contributed by atoms with Gasteiger partial charge in [0.05, 0.1) is 16.6 Å². The number of anilines is 1. The number of rotatable bonds is 5. The predicted octanol–water partition coefficient (Wildman–Crippen LogP) is 3.29. The minimum Gasteiger partial charge on any atom is -0.381 e. The number of nitro benzene ring substituents is 1. The quantitative estimate of drug-likeness (QED) is 0.634. The number of hydrogen-bond donors (Lipinski definition) is 2. The average Bonchev–Trinajstić information content (AvgIpc) is 2.68. The molecule has 2 unspecified atom stereocenters. The third kappa shape index (κ3) is 4.00. The molecule has 1 saturated heterocycles. The first kappa shape index (κ1) is 17.9. The summed E-state index contributed by atoms with van der Waals surface area (Å²) in [6.45, 7) is 0.611. The maximum atomic E-state index is 12.1. The van der Waals surface area contributed by atoms with Crippen molar-refractivity contribution in [2.75, 3.05) is 19.0 Å². The summed E-state index contributed by atoms with van der Waals surface area (Å²) in [6, 6.07) is 14.4. The highest BCUT2D eigenvalue weighted by atomic mass is 16.6. The highest BCUT2D eigenvalue weighted by Crippen LogP contribution is 2.31. The molecule has 0 saturated carbocycles. The van der Waals surface area contributed by atoms with Crippen molar-refractivity contribution in [2.24, 2.45) is 0 Å². The Morgan fingerprint density at radius 2 is 2.00 bits per heavy atom. The van der Waals surface area contributed by atoms with Gasteiger partial charge in [-0.25, -0.2) is 0 Å². The summed E-state index contributed by atoms with van der Waals surface area (Å²) < 4.78 is 5.87. The molecule has 2 N–H and O–H groups in total. The van der Waals surface area contributed by atoms with Gasteiger partial charge in [0.15, 0.2) is 0 Å². The molecule has 2 aromatic carbocycles. The number of hydrogen-bond acceptors (Lipinski definition) is 5. The van der Waals surface area contributed by atoms with Crippen LogP contribution < -0.4 is 10.6 Å². The smallest absolute Gasteiger partial charge is 0.270 e. The topological polar surface area (TPSA) is 93.5 Å². The fourth-order valence-electron chi connectivity index (χ4n) is 3.14. The molecule has 1 heterocycles. The molecule has 0 aliphatic carbocycles. The van der Waals surface area contributed by atoms with Gasteiger partial charge in [-0.15, -0.1) is 0 Å². The van der Waals surface area contributed by atoms with Crippen molar-refractivity contribution in [1.82, 2.24) is 5.32 Å². The summed E-state index contributed by atoms with van der Waals surface area (Å²) >= 11 is 0. The Kier molecular flexibility index (Phi) is 5.48. The number of carbonyl (C=O) groups excluding carboxylic acids is 1. The molecule has 7 nitrogen and oxygen atoms in total. The van der Waals surface area contributed by atoms with Gasteiger partial charge >= 0.3 is 0 Å².